The van der Waals surface area contributed by atoms with Gasteiger partial charge in [-0.05, 0) is 43.5 Å². The average molecular weight is 295 g/mol. The summed E-state index contributed by atoms with van der Waals surface area (Å²) in [5.74, 6) is 1.87. The molecule has 0 bridgehead atoms. The zero-order valence-electron chi connectivity index (χ0n) is 12.5. The van der Waals surface area contributed by atoms with Gasteiger partial charge in [-0.25, -0.2) is 0 Å². The first-order chi connectivity index (χ1) is 9.78. The van der Waals surface area contributed by atoms with Crippen LogP contribution in [0.5, 0.6) is 11.5 Å². The fourth-order valence-corrected chi connectivity index (χ4v) is 4.10. The molecule has 0 aliphatic heterocycles. The Bertz CT molecular complexity index is 431. The number of hydrogen-bond acceptors (Lipinski definition) is 4. The van der Waals surface area contributed by atoms with Crippen LogP contribution in [-0.4, -0.2) is 26.0 Å². The van der Waals surface area contributed by atoms with Crippen molar-refractivity contribution in [1.29, 1.82) is 0 Å². The third-order valence-electron chi connectivity index (χ3n) is 3.83. The highest BCUT2D eigenvalue weighted by Gasteiger charge is 2.18. The van der Waals surface area contributed by atoms with Crippen molar-refractivity contribution in [1.82, 2.24) is 0 Å². The van der Waals surface area contributed by atoms with Gasteiger partial charge in [0.05, 0.1) is 19.1 Å². The van der Waals surface area contributed by atoms with Crippen LogP contribution < -0.4 is 15.2 Å². The molecular formula is C16H25NO2S. The fraction of sp³-hybridized carbons (Fsp3) is 0.625. The third-order valence-corrected chi connectivity index (χ3v) is 5.20. The van der Waals surface area contributed by atoms with E-state index in [4.69, 9.17) is 15.2 Å². The molecule has 0 heterocycles. The molecule has 0 aromatic heterocycles. The summed E-state index contributed by atoms with van der Waals surface area (Å²) in [6.07, 6.45) is 7.51. The lowest BCUT2D eigenvalue weighted by Crippen LogP contribution is -2.09. The van der Waals surface area contributed by atoms with Crippen LogP contribution in [0.15, 0.2) is 17.0 Å². The smallest absolute Gasteiger partial charge is 0.132 e. The lowest BCUT2D eigenvalue weighted by molar-refractivity contribution is 0.390. The molecule has 2 rings (SSSR count). The van der Waals surface area contributed by atoms with E-state index in [1.165, 1.54) is 37.0 Å². The molecule has 0 unspecified atom stereocenters. The van der Waals surface area contributed by atoms with E-state index in [0.717, 1.165) is 23.5 Å². The molecule has 0 atom stereocenters. The lowest BCUT2D eigenvalue weighted by atomic mass is 10.0. The lowest BCUT2D eigenvalue weighted by Gasteiger charge is -2.22. The van der Waals surface area contributed by atoms with Crippen LogP contribution in [0.3, 0.4) is 0 Å². The van der Waals surface area contributed by atoms with Crippen molar-refractivity contribution in [2.24, 2.45) is 5.73 Å². The molecule has 112 valence electrons. The van der Waals surface area contributed by atoms with Crippen molar-refractivity contribution in [2.45, 2.75) is 48.7 Å². The van der Waals surface area contributed by atoms with Gasteiger partial charge >= 0.3 is 0 Å². The van der Waals surface area contributed by atoms with E-state index in [0.29, 0.717) is 11.8 Å². The number of ether oxygens (including phenoxy) is 2. The monoisotopic (exact) mass is 295 g/mol. The highest BCUT2D eigenvalue weighted by Crippen LogP contribution is 2.41. The van der Waals surface area contributed by atoms with Gasteiger partial charge in [-0.2, -0.15) is 0 Å². The number of hydrogen-bond donors (Lipinski definition) is 1. The van der Waals surface area contributed by atoms with Crippen LogP contribution >= 0.6 is 11.8 Å². The van der Waals surface area contributed by atoms with Gasteiger partial charge in [-0.15, -0.1) is 11.8 Å². The van der Waals surface area contributed by atoms with Gasteiger partial charge in [-0.1, -0.05) is 19.3 Å². The summed E-state index contributed by atoms with van der Waals surface area (Å²) < 4.78 is 11.1. The molecule has 1 aliphatic rings. The number of rotatable bonds is 6. The molecule has 20 heavy (non-hydrogen) atoms. The van der Waals surface area contributed by atoms with E-state index < -0.39 is 0 Å². The molecule has 1 aromatic carbocycles. The second-order valence-corrected chi connectivity index (χ2v) is 6.57. The molecule has 1 saturated carbocycles. The van der Waals surface area contributed by atoms with Crippen molar-refractivity contribution < 1.29 is 9.47 Å². The molecule has 4 heteroatoms. The van der Waals surface area contributed by atoms with Crippen LogP contribution in [0.4, 0.5) is 0 Å². The van der Waals surface area contributed by atoms with Crippen LogP contribution in [0.2, 0.25) is 0 Å². The standard InChI is InChI=1S/C16H25NO2S/c1-18-14-11-16(20-13-6-4-3-5-7-13)15(19-2)10-12(14)8-9-17/h10-11,13H,3-9,17H2,1-2H3. The minimum absolute atomic E-state index is 0.620. The van der Waals surface area contributed by atoms with Crippen molar-refractivity contribution in [3.63, 3.8) is 0 Å². The maximum Gasteiger partial charge on any atom is 0.132 e. The molecule has 0 spiro atoms. The van der Waals surface area contributed by atoms with E-state index >= 15 is 0 Å². The van der Waals surface area contributed by atoms with Crippen molar-refractivity contribution in [3.05, 3.63) is 17.7 Å². The van der Waals surface area contributed by atoms with Gasteiger partial charge in [0.2, 0.25) is 0 Å². The number of nitrogens with two attached hydrogens (primary N) is 1. The largest absolute Gasteiger partial charge is 0.496 e. The molecule has 1 aliphatic carbocycles. The number of methoxy groups -OCH3 is 2. The minimum Gasteiger partial charge on any atom is -0.496 e. The molecule has 3 nitrogen and oxygen atoms in total. The van der Waals surface area contributed by atoms with E-state index in [2.05, 4.69) is 12.1 Å². The predicted molar refractivity (Wildman–Crippen MR) is 85.0 cm³/mol. The van der Waals surface area contributed by atoms with E-state index in [1.54, 1.807) is 14.2 Å². The van der Waals surface area contributed by atoms with Gasteiger partial charge in [0.1, 0.15) is 11.5 Å². The predicted octanol–water partition coefficient (Wildman–Crippen LogP) is 3.63. The Balaban J connectivity index is 2.21. The van der Waals surface area contributed by atoms with Crippen LogP contribution in [-0.2, 0) is 6.42 Å². The summed E-state index contributed by atoms with van der Waals surface area (Å²) in [7, 11) is 3.45. The quantitative estimate of drug-likeness (QED) is 0.870. The summed E-state index contributed by atoms with van der Waals surface area (Å²) in [6.45, 7) is 0.620. The first kappa shape index (κ1) is 15.5. The van der Waals surface area contributed by atoms with Crippen molar-refractivity contribution in [2.75, 3.05) is 20.8 Å². The molecule has 2 N–H and O–H groups in total. The van der Waals surface area contributed by atoms with Gasteiger partial charge in [0.25, 0.3) is 0 Å². The minimum atomic E-state index is 0.620. The first-order valence-corrected chi connectivity index (χ1v) is 8.28. The third kappa shape index (κ3) is 3.83. The highest BCUT2D eigenvalue weighted by atomic mass is 32.2. The van der Waals surface area contributed by atoms with Crippen molar-refractivity contribution >= 4 is 11.8 Å². The molecule has 1 aromatic rings. The van der Waals surface area contributed by atoms with Crippen molar-refractivity contribution in [3.8, 4) is 11.5 Å². The van der Waals surface area contributed by atoms with Gasteiger partial charge in [-0.3, -0.25) is 0 Å². The number of thioether (sulfide) groups is 1. The summed E-state index contributed by atoms with van der Waals surface area (Å²) in [5, 5.41) is 0.711. The zero-order chi connectivity index (χ0) is 14.4. The summed E-state index contributed by atoms with van der Waals surface area (Å²) in [6, 6.07) is 4.19. The molecule has 0 saturated heterocycles. The van der Waals surface area contributed by atoms with E-state index in [1.807, 2.05) is 11.8 Å². The van der Waals surface area contributed by atoms with Crippen LogP contribution in [0.25, 0.3) is 0 Å². The van der Waals surface area contributed by atoms with E-state index in [9.17, 15) is 0 Å². The molecule has 0 radical (unpaired) electrons. The Morgan fingerprint density at radius 2 is 1.80 bits per heavy atom. The Labute approximate surface area is 126 Å². The second-order valence-electron chi connectivity index (χ2n) is 5.23. The number of benzene rings is 1. The average Bonchev–Trinajstić information content (AvgIpc) is 2.49. The highest BCUT2D eigenvalue weighted by molar-refractivity contribution is 8.00. The fourth-order valence-electron chi connectivity index (χ4n) is 2.74. The SMILES string of the molecule is COc1cc(SC2CCCCC2)c(OC)cc1CCN. The summed E-state index contributed by atoms with van der Waals surface area (Å²) in [4.78, 5) is 1.19. The van der Waals surface area contributed by atoms with Crippen LogP contribution in [0.1, 0.15) is 37.7 Å². The first-order valence-electron chi connectivity index (χ1n) is 7.40. The Morgan fingerprint density at radius 3 is 2.40 bits per heavy atom. The summed E-state index contributed by atoms with van der Waals surface area (Å²) in [5.41, 5.74) is 6.79. The van der Waals surface area contributed by atoms with E-state index in [-0.39, 0.29) is 0 Å². The maximum absolute atomic E-state index is 5.66. The van der Waals surface area contributed by atoms with Gasteiger partial charge in [0.15, 0.2) is 0 Å². The zero-order valence-corrected chi connectivity index (χ0v) is 13.3. The molecule has 0 amide bonds. The Hall–Kier alpha value is -0.870. The Kier molecular flexibility index (Phi) is 6.05. The topological polar surface area (TPSA) is 44.5 Å². The normalized spacial score (nSPS) is 16.1. The van der Waals surface area contributed by atoms with Crippen LogP contribution in [0, 0.1) is 0 Å². The molecule has 1 fully saturated rings. The maximum atomic E-state index is 5.66. The Morgan fingerprint density at radius 1 is 1.10 bits per heavy atom. The second kappa shape index (κ2) is 7.79. The summed E-state index contributed by atoms with van der Waals surface area (Å²) >= 11 is 1.94. The van der Waals surface area contributed by atoms with Gasteiger partial charge in [0, 0.05) is 5.25 Å². The molecular weight excluding hydrogens is 270 g/mol. The van der Waals surface area contributed by atoms with Gasteiger partial charge < -0.3 is 15.2 Å².